The second-order valence-electron chi connectivity index (χ2n) is 5.83. The second-order valence-corrected chi connectivity index (χ2v) is 7.84. The highest BCUT2D eigenvalue weighted by Crippen LogP contribution is 2.27. The molecule has 5 nitrogen and oxygen atoms in total. The van der Waals surface area contributed by atoms with Crippen molar-refractivity contribution in [3.8, 4) is 0 Å². The van der Waals surface area contributed by atoms with Gasteiger partial charge in [0.05, 0.1) is 11.7 Å². The van der Waals surface area contributed by atoms with Crippen LogP contribution in [-0.4, -0.2) is 42.6 Å². The van der Waals surface area contributed by atoms with Crippen molar-refractivity contribution in [1.82, 2.24) is 4.31 Å². The van der Waals surface area contributed by atoms with E-state index in [1.807, 2.05) is 37.3 Å². The molecule has 0 bridgehead atoms. The van der Waals surface area contributed by atoms with Gasteiger partial charge >= 0.3 is 5.97 Å². The maximum absolute atomic E-state index is 12.5. The molecule has 1 N–H and O–H groups in total. The summed E-state index contributed by atoms with van der Waals surface area (Å²) < 4.78 is 26.3. The number of hydrogen-bond donors (Lipinski definition) is 1. The van der Waals surface area contributed by atoms with Crippen LogP contribution in [0.1, 0.15) is 25.3 Å². The fourth-order valence-corrected chi connectivity index (χ4v) is 4.66. The topological polar surface area (TPSA) is 74.7 Å². The number of carboxylic acids is 1. The first-order valence-electron chi connectivity index (χ1n) is 7.07. The largest absolute Gasteiger partial charge is 0.481 e. The van der Waals surface area contributed by atoms with Gasteiger partial charge in [0.15, 0.2) is 0 Å². The van der Waals surface area contributed by atoms with Gasteiger partial charge in [-0.25, -0.2) is 12.7 Å². The maximum atomic E-state index is 12.5. The highest BCUT2D eigenvalue weighted by molar-refractivity contribution is 7.89. The molecule has 1 aromatic rings. The molecule has 1 heterocycles. The normalized spacial score (nSPS) is 24.9. The van der Waals surface area contributed by atoms with Crippen LogP contribution in [-0.2, 0) is 14.8 Å². The smallest absolute Gasteiger partial charge is 0.308 e. The number of carbonyl (C=O) groups is 1. The van der Waals surface area contributed by atoms with Crippen LogP contribution < -0.4 is 0 Å². The predicted molar refractivity (Wildman–Crippen MR) is 80.5 cm³/mol. The molecule has 1 aromatic carbocycles. The molecule has 116 valence electrons. The average Bonchev–Trinajstić information content (AvgIpc) is 2.82. The fourth-order valence-electron chi connectivity index (χ4n) is 2.77. The highest BCUT2D eigenvalue weighted by atomic mass is 32.2. The molecule has 0 saturated carbocycles. The quantitative estimate of drug-likeness (QED) is 0.899. The molecule has 6 heteroatoms. The van der Waals surface area contributed by atoms with E-state index in [2.05, 4.69) is 0 Å². The van der Waals surface area contributed by atoms with Crippen molar-refractivity contribution in [2.45, 2.75) is 19.8 Å². The number of aliphatic carboxylic acids is 1. The zero-order chi connectivity index (χ0) is 15.6. The lowest BCUT2D eigenvalue weighted by molar-refractivity contribution is -0.142. The molecule has 3 atom stereocenters. The molecule has 0 radical (unpaired) electrons. The standard InChI is InChI=1S/C15H21NO4S/c1-11-8-16(9-14(11)15(17)18)21(19,20)10-12(2)13-6-4-3-5-7-13/h3-7,11-12,14H,8-10H2,1-2H3,(H,17,18)/t11-,12?,14-/m1/s1. The van der Waals surface area contributed by atoms with E-state index in [9.17, 15) is 13.2 Å². The molecule has 21 heavy (non-hydrogen) atoms. The van der Waals surface area contributed by atoms with E-state index < -0.39 is 21.9 Å². The number of carboxylic acid groups (broad SMARTS) is 1. The van der Waals surface area contributed by atoms with Crippen molar-refractivity contribution in [2.24, 2.45) is 11.8 Å². The van der Waals surface area contributed by atoms with E-state index in [4.69, 9.17) is 5.11 Å². The van der Waals surface area contributed by atoms with E-state index in [0.29, 0.717) is 6.54 Å². The molecule has 1 aliphatic heterocycles. The Morgan fingerprint density at radius 2 is 1.95 bits per heavy atom. The van der Waals surface area contributed by atoms with Crippen LogP contribution in [0.25, 0.3) is 0 Å². The van der Waals surface area contributed by atoms with Gasteiger partial charge in [0, 0.05) is 13.1 Å². The van der Waals surface area contributed by atoms with Crippen molar-refractivity contribution < 1.29 is 18.3 Å². The predicted octanol–water partition coefficient (Wildman–Crippen LogP) is 1.77. The van der Waals surface area contributed by atoms with Crippen LogP contribution in [0.15, 0.2) is 30.3 Å². The summed E-state index contributed by atoms with van der Waals surface area (Å²) in [6, 6.07) is 9.48. The Labute approximate surface area is 125 Å². The molecular weight excluding hydrogens is 290 g/mol. The Hall–Kier alpha value is -1.40. The fraction of sp³-hybridized carbons (Fsp3) is 0.533. The van der Waals surface area contributed by atoms with Gasteiger partial charge in [-0.3, -0.25) is 4.79 Å². The zero-order valence-corrected chi connectivity index (χ0v) is 13.1. The first-order chi connectivity index (χ1) is 9.81. The van der Waals surface area contributed by atoms with Gasteiger partial charge in [-0.05, 0) is 17.4 Å². The number of nitrogens with zero attached hydrogens (tertiary/aromatic N) is 1. The number of benzene rings is 1. The monoisotopic (exact) mass is 311 g/mol. The van der Waals surface area contributed by atoms with Gasteiger partial charge in [-0.1, -0.05) is 44.2 Å². The first kappa shape index (κ1) is 16.0. The van der Waals surface area contributed by atoms with E-state index in [0.717, 1.165) is 5.56 Å². The molecule has 0 amide bonds. The summed E-state index contributed by atoms with van der Waals surface area (Å²) >= 11 is 0. The summed E-state index contributed by atoms with van der Waals surface area (Å²) in [5.74, 6) is -1.78. The molecule has 0 spiro atoms. The third-order valence-electron chi connectivity index (χ3n) is 4.12. The Morgan fingerprint density at radius 1 is 1.33 bits per heavy atom. The minimum absolute atomic E-state index is 0.00999. The van der Waals surface area contributed by atoms with E-state index in [1.54, 1.807) is 6.92 Å². The lowest BCUT2D eigenvalue weighted by Gasteiger charge is -2.19. The van der Waals surface area contributed by atoms with E-state index >= 15 is 0 Å². The summed E-state index contributed by atoms with van der Waals surface area (Å²) in [4.78, 5) is 11.1. The summed E-state index contributed by atoms with van der Waals surface area (Å²) in [6.45, 7) is 4.04. The van der Waals surface area contributed by atoms with Gasteiger partial charge in [0.1, 0.15) is 0 Å². The van der Waals surface area contributed by atoms with Crippen molar-refractivity contribution in [1.29, 1.82) is 0 Å². The molecule has 0 aliphatic carbocycles. The molecule has 1 unspecified atom stereocenters. The SMILES string of the molecule is CC(CS(=O)(=O)N1C[C@@H](C)[C@H](C(=O)O)C1)c1ccccc1. The lowest BCUT2D eigenvalue weighted by atomic mass is 9.99. The van der Waals surface area contributed by atoms with Gasteiger partial charge in [-0.2, -0.15) is 0 Å². The second kappa shape index (κ2) is 6.15. The number of hydrogen-bond acceptors (Lipinski definition) is 3. The van der Waals surface area contributed by atoms with Gasteiger partial charge in [0.2, 0.25) is 10.0 Å². The van der Waals surface area contributed by atoms with Crippen LogP contribution in [0, 0.1) is 11.8 Å². The molecule has 1 fully saturated rings. The average molecular weight is 311 g/mol. The Morgan fingerprint density at radius 3 is 2.48 bits per heavy atom. The molecule has 1 aliphatic rings. The highest BCUT2D eigenvalue weighted by Gasteiger charge is 2.40. The summed E-state index contributed by atoms with van der Waals surface area (Å²) in [5, 5.41) is 9.11. The van der Waals surface area contributed by atoms with Crippen molar-refractivity contribution in [3.05, 3.63) is 35.9 Å². The summed E-state index contributed by atoms with van der Waals surface area (Å²) in [6.07, 6.45) is 0. The molecule has 1 saturated heterocycles. The van der Waals surface area contributed by atoms with Crippen LogP contribution in [0.3, 0.4) is 0 Å². The minimum Gasteiger partial charge on any atom is -0.481 e. The Kier molecular flexibility index (Phi) is 4.68. The maximum Gasteiger partial charge on any atom is 0.308 e. The number of rotatable bonds is 5. The zero-order valence-electron chi connectivity index (χ0n) is 12.3. The third-order valence-corrected chi connectivity index (χ3v) is 6.12. The van der Waals surface area contributed by atoms with E-state index in [1.165, 1.54) is 4.31 Å². The van der Waals surface area contributed by atoms with Gasteiger partial charge < -0.3 is 5.11 Å². The minimum atomic E-state index is -3.44. The van der Waals surface area contributed by atoms with E-state index in [-0.39, 0.29) is 24.1 Å². The lowest BCUT2D eigenvalue weighted by Crippen LogP contribution is -2.33. The summed E-state index contributed by atoms with van der Waals surface area (Å²) in [5.41, 5.74) is 0.975. The molecule has 0 aromatic heterocycles. The Balaban J connectivity index is 2.08. The molecule has 2 rings (SSSR count). The Bertz CT molecular complexity index is 599. The van der Waals surface area contributed by atoms with Gasteiger partial charge in [0.25, 0.3) is 0 Å². The van der Waals surface area contributed by atoms with Crippen LogP contribution >= 0.6 is 0 Å². The van der Waals surface area contributed by atoms with Crippen LogP contribution in [0.2, 0.25) is 0 Å². The third kappa shape index (κ3) is 3.63. The van der Waals surface area contributed by atoms with Crippen LogP contribution in [0.4, 0.5) is 0 Å². The first-order valence-corrected chi connectivity index (χ1v) is 8.67. The summed E-state index contributed by atoms with van der Waals surface area (Å²) in [7, 11) is -3.44. The van der Waals surface area contributed by atoms with Gasteiger partial charge in [-0.15, -0.1) is 0 Å². The van der Waals surface area contributed by atoms with Crippen molar-refractivity contribution in [2.75, 3.05) is 18.8 Å². The number of sulfonamides is 1. The molecular formula is C15H21NO4S. The van der Waals surface area contributed by atoms with Crippen LogP contribution in [0.5, 0.6) is 0 Å². The van der Waals surface area contributed by atoms with Crippen molar-refractivity contribution >= 4 is 16.0 Å². The van der Waals surface area contributed by atoms with Crippen molar-refractivity contribution in [3.63, 3.8) is 0 Å².